The van der Waals surface area contributed by atoms with E-state index < -0.39 is 5.97 Å². The molecule has 0 unspecified atom stereocenters. The number of benzene rings is 1. The molecule has 0 aromatic heterocycles. The van der Waals surface area contributed by atoms with Gasteiger partial charge in [-0.3, -0.25) is 9.59 Å². The van der Waals surface area contributed by atoms with Gasteiger partial charge in [-0.25, -0.2) is 0 Å². The number of hydrogen-bond acceptors (Lipinski definition) is 2. The lowest BCUT2D eigenvalue weighted by Crippen LogP contribution is -2.04. The van der Waals surface area contributed by atoms with Crippen LogP contribution in [0.25, 0.3) is 0 Å². The fourth-order valence-electron chi connectivity index (χ4n) is 1.35. The van der Waals surface area contributed by atoms with Crippen LogP contribution in [-0.2, 0) is 4.79 Å². The first kappa shape index (κ1) is 15.6. The van der Waals surface area contributed by atoms with Gasteiger partial charge in [-0.2, -0.15) is 0 Å². The van der Waals surface area contributed by atoms with Crippen molar-refractivity contribution in [3.8, 4) is 0 Å². The number of halogens is 4. The molecule has 0 fully saturated rings. The van der Waals surface area contributed by atoms with E-state index in [9.17, 15) is 9.59 Å². The second-order valence-corrected chi connectivity index (χ2v) is 5.08. The van der Waals surface area contributed by atoms with E-state index in [2.05, 4.69) is 0 Å². The van der Waals surface area contributed by atoms with Crippen molar-refractivity contribution in [3.63, 3.8) is 0 Å². The maximum absolute atomic E-state index is 11.9. The molecule has 1 aromatic carbocycles. The van der Waals surface area contributed by atoms with Gasteiger partial charge in [0, 0.05) is 12.8 Å². The Balaban J connectivity index is 2.92. The van der Waals surface area contributed by atoms with E-state index >= 15 is 0 Å². The van der Waals surface area contributed by atoms with E-state index in [0.717, 1.165) is 0 Å². The van der Waals surface area contributed by atoms with Gasteiger partial charge in [-0.05, 0) is 12.5 Å². The molecule has 0 amide bonds. The Bertz CT molecular complexity index is 500. The quantitative estimate of drug-likeness (QED) is 0.482. The monoisotopic (exact) mass is 328 g/mol. The van der Waals surface area contributed by atoms with Crippen LogP contribution in [0.3, 0.4) is 0 Å². The third kappa shape index (κ3) is 3.75. The maximum atomic E-state index is 11.9. The summed E-state index contributed by atoms with van der Waals surface area (Å²) in [5.41, 5.74) is 0.0816. The van der Waals surface area contributed by atoms with Crippen molar-refractivity contribution in [2.45, 2.75) is 19.3 Å². The number of carboxylic acids is 1. The summed E-state index contributed by atoms with van der Waals surface area (Å²) < 4.78 is 0. The number of ketones is 1. The Morgan fingerprint density at radius 3 is 2.17 bits per heavy atom. The predicted octanol–water partition coefficient (Wildman–Crippen LogP) is 4.74. The number of rotatable bonds is 5. The molecule has 1 N–H and O–H groups in total. The molecule has 18 heavy (non-hydrogen) atoms. The van der Waals surface area contributed by atoms with Gasteiger partial charge in [-0.1, -0.05) is 46.4 Å². The van der Waals surface area contributed by atoms with Crippen LogP contribution in [0.5, 0.6) is 0 Å². The maximum Gasteiger partial charge on any atom is 0.303 e. The van der Waals surface area contributed by atoms with Gasteiger partial charge in [0.05, 0.1) is 25.7 Å². The van der Waals surface area contributed by atoms with Crippen molar-refractivity contribution >= 4 is 58.2 Å². The minimum atomic E-state index is -0.964. The Hall–Kier alpha value is -0.480. The van der Waals surface area contributed by atoms with Crippen LogP contribution in [0.4, 0.5) is 0 Å². The molecular weight excluding hydrogens is 322 g/mol. The topological polar surface area (TPSA) is 54.4 Å². The molecule has 1 rings (SSSR count). The number of aliphatic carboxylic acids is 1. The molecule has 98 valence electrons. The smallest absolute Gasteiger partial charge is 0.303 e. The first-order valence-electron chi connectivity index (χ1n) is 4.92. The minimum absolute atomic E-state index is 0.00510. The predicted molar refractivity (Wildman–Crippen MR) is 72.3 cm³/mol. The van der Waals surface area contributed by atoms with Gasteiger partial charge in [-0.15, -0.1) is 0 Å². The molecule has 0 atom stereocenters. The van der Waals surface area contributed by atoms with E-state index in [1.165, 1.54) is 6.07 Å². The van der Waals surface area contributed by atoms with Gasteiger partial charge in [0.1, 0.15) is 0 Å². The van der Waals surface area contributed by atoms with E-state index in [-0.39, 0.29) is 50.7 Å². The van der Waals surface area contributed by atoms with Crippen LogP contribution < -0.4 is 0 Å². The highest BCUT2D eigenvalue weighted by Gasteiger charge is 2.19. The number of carbonyl (C=O) groups excluding carboxylic acids is 1. The minimum Gasteiger partial charge on any atom is -0.481 e. The summed E-state index contributed by atoms with van der Waals surface area (Å²) in [5, 5.41) is 8.81. The third-order valence-electron chi connectivity index (χ3n) is 2.19. The van der Waals surface area contributed by atoms with Crippen LogP contribution in [0.15, 0.2) is 6.07 Å². The fraction of sp³-hybridized carbons (Fsp3) is 0.273. The molecule has 0 aliphatic rings. The van der Waals surface area contributed by atoms with Gasteiger partial charge < -0.3 is 5.11 Å². The zero-order chi connectivity index (χ0) is 13.9. The average molecular weight is 330 g/mol. The first-order chi connectivity index (χ1) is 8.34. The molecule has 0 heterocycles. The lowest BCUT2D eigenvalue weighted by molar-refractivity contribution is -0.137. The van der Waals surface area contributed by atoms with Crippen molar-refractivity contribution in [2.24, 2.45) is 0 Å². The number of Topliss-reactive ketones (excluding diaryl/α,β-unsaturated/α-hetero) is 1. The average Bonchev–Trinajstić information content (AvgIpc) is 2.25. The zero-order valence-electron chi connectivity index (χ0n) is 8.97. The second-order valence-electron chi connectivity index (χ2n) is 3.51. The first-order valence-corrected chi connectivity index (χ1v) is 6.43. The van der Waals surface area contributed by atoms with Crippen LogP contribution in [0.2, 0.25) is 20.1 Å². The van der Waals surface area contributed by atoms with Gasteiger partial charge in [0.15, 0.2) is 5.78 Å². The number of carbonyl (C=O) groups is 2. The van der Waals surface area contributed by atoms with Crippen LogP contribution in [0, 0.1) is 0 Å². The lowest BCUT2D eigenvalue weighted by atomic mass is 10.1. The highest BCUT2D eigenvalue weighted by molar-refractivity contribution is 6.51. The molecule has 1 aromatic rings. The Kier molecular flexibility index (Phi) is 5.73. The van der Waals surface area contributed by atoms with Crippen molar-refractivity contribution in [3.05, 3.63) is 31.7 Å². The van der Waals surface area contributed by atoms with Crippen LogP contribution >= 0.6 is 46.4 Å². The fourth-order valence-corrected chi connectivity index (χ4v) is 2.47. The summed E-state index contributed by atoms with van der Waals surface area (Å²) in [6, 6.07) is 1.34. The summed E-state index contributed by atoms with van der Waals surface area (Å²) in [7, 11) is 0. The van der Waals surface area contributed by atoms with E-state index in [0.29, 0.717) is 0 Å². The van der Waals surface area contributed by atoms with E-state index in [4.69, 9.17) is 51.5 Å². The summed E-state index contributed by atoms with van der Waals surface area (Å²) in [6.07, 6.45) is 0.146. The standard InChI is InChI=1S/C11H8Cl4O3/c12-5-4-6(13)10(14)11(15)9(5)7(16)2-1-3-8(17)18/h4H,1-3H2,(H,17,18). The molecule has 0 spiro atoms. The summed E-state index contributed by atoms with van der Waals surface area (Å²) in [6.45, 7) is 0. The summed E-state index contributed by atoms with van der Waals surface area (Å²) in [5.74, 6) is -1.32. The Morgan fingerprint density at radius 2 is 1.61 bits per heavy atom. The van der Waals surface area contributed by atoms with Crippen molar-refractivity contribution in [2.75, 3.05) is 0 Å². The summed E-state index contributed by atoms with van der Waals surface area (Å²) in [4.78, 5) is 22.2. The van der Waals surface area contributed by atoms with Crippen molar-refractivity contribution in [1.29, 1.82) is 0 Å². The number of carboxylic acid groups (broad SMARTS) is 1. The molecule has 0 aliphatic heterocycles. The normalized spacial score (nSPS) is 10.4. The largest absolute Gasteiger partial charge is 0.481 e. The van der Waals surface area contributed by atoms with Gasteiger partial charge in [0.2, 0.25) is 0 Å². The molecule has 0 bridgehead atoms. The Labute approximate surface area is 124 Å². The molecule has 0 aliphatic carbocycles. The van der Waals surface area contributed by atoms with Crippen molar-refractivity contribution < 1.29 is 14.7 Å². The molecule has 7 heteroatoms. The van der Waals surface area contributed by atoms with Gasteiger partial charge >= 0.3 is 5.97 Å². The zero-order valence-corrected chi connectivity index (χ0v) is 12.0. The number of hydrogen-bond donors (Lipinski definition) is 1. The highest BCUT2D eigenvalue weighted by atomic mass is 35.5. The highest BCUT2D eigenvalue weighted by Crippen LogP contribution is 2.38. The SMILES string of the molecule is O=C(O)CCCC(=O)c1c(Cl)cc(Cl)c(Cl)c1Cl. The van der Waals surface area contributed by atoms with Crippen LogP contribution in [-0.4, -0.2) is 16.9 Å². The van der Waals surface area contributed by atoms with Crippen LogP contribution in [0.1, 0.15) is 29.6 Å². The molecule has 0 saturated heterocycles. The molecular formula is C11H8Cl4O3. The second kappa shape index (κ2) is 6.62. The lowest BCUT2D eigenvalue weighted by Gasteiger charge is -2.08. The van der Waals surface area contributed by atoms with Gasteiger partial charge in [0.25, 0.3) is 0 Å². The summed E-state index contributed by atoms with van der Waals surface area (Å²) >= 11 is 23.3. The molecule has 0 radical (unpaired) electrons. The molecule has 3 nitrogen and oxygen atoms in total. The van der Waals surface area contributed by atoms with E-state index in [1.54, 1.807) is 0 Å². The Morgan fingerprint density at radius 1 is 1.00 bits per heavy atom. The van der Waals surface area contributed by atoms with E-state index in [1.807, 2.05) is 0 Å². The van der Waals surface area contributed by atoms with Crippen molar-refractivity contribution in [1.82, 2.24) is 0 Å². The molecule has 0 saturated carbocycles. The third-order valence-corrected chi connectivity index (χ3v) is 3.75.